The SMILES string of the molecule is CN(C)S(=O)(=O)c1ccc(Cl)c([N+](=O)[O-])c1Cl. The van der Waals surface area contributed by atoms with E-state index in [4.69, 9.17) is 23.2 Å². The van der Waals surface area contributed by atoms with E-state index >= 15 is 0 Å². The highest BCUT2D eigenvalue weighted by molar-refractivity contribution is 7.89. The summed E-state index contributed by atoms with van der Waals surface area (Å²) in [7, 11) is -1.25. The van der Waals surface area contributed by atoms with Crippen LogP contribution < -0.4 is 0 Å². The summed E-state index contributed by atoms with van der Waals surface area (Å²) >= 11 is 11.3. The number of halogens is 2. The molecule has 0 atom stereocenters. The number of nitro benzene ring substituents is 1. The van der Waals surface area contributed by atoms with Crippen LogP contribution in [0.15, 0.2) is 17.0 Å². The molecule has 0 aliphatic carbocycles. The van der Waals surface area contributed by atoms with E-state index in [0.717, 1.165) is 16.4 Å². The van der Waals surface area contributed by atoms with Crippen molar-refractivity contribution in [1.82, 2.24) is 4.31 Å². The van der Waals surface area contributed by atoms with E-state index in [-0.39, 0.29) is 9.92 Å². The molecule has 0 radical (unpaired) electrons. The van der Waals surface area contributed by atoms with Gasteiger partial charge in [-0.25, -0.2) is 12.7 Å². The van der Waals surface area contributed by atoms with Gasteiger partial charge >= 0.3 is 5.69 Å². The lowest BCUT2D eigenvalue weighted by atomic mass is 10.3. The summed E-state index contributed by atoms with van der Waals surface area (Å²) < 4.78 is 24.5. The fourth-order valence-corrected chi connectivity index (χ4v) is 2.84. The van der Waals surface area contributed by atoms with Gasteiger partial charge in [-0.2, -0.15) is 0 Å². The molecule has 0 fully saturated rings. The highest BCUT2D eigenvalue weighted by Gasteiger charge is 2.28. The monoisotopic (exact) mass is 298 g/mol. The first-order chi connectivity index (χ1) is 7.69. The lowest BCUT2D eigenvalue weighted by Crippen LogP contribution is -2.22. The number of sulfonamides is 1. The van der Waals surface area contributed by atoms with Gasteiger partial charge in [0.25, 0.3) is 0 Å². The van der Waals surface area contributed by atoms with Crippen molar-refractivity contribution in [2.75, 3.05) is 14.1 Å². The Balaban J connectivity index is 3.61. The number of nitrogens with zero attached hydrogens (tertiary/aromatic N) is 2. The summed E-state index contributed by atoms with van der Waals surface area (Å²) in [5, 5.41) is 10.0. The second kappa shape index (κ2) is 4.77. The van der Waals surface area contributed by atoms with E-state index in [1.54, 1.807) is 0 Å². The third kappa shape index (κ3) is 2.52. The third-order valence-corrected chi connectivity index (χ3v) is 4.63. The molecule has 0 aliphatic rings. The molecular formula is C8H8Cl2N2O4S. The highest BCUT2D eigenvalue weighted by Crippen LogP contribution is 2.37. The lowest BCUT2D eigenvalue weighted by molar-refractivity contribution is -0.384. The first kappa shape index (κ1) is 14.2. The molecule has 0 heterocycles. The Morgan fingerprint density at radius 2 is 1.82 bits per heavy atom. The summed E-state index contributed by atoms with van der Waals surface area (Å²) in [6, 6.07) is 2.26. The summed E-state index contributed by atoms with van der Waals surface area (Å²) in [6.45, 7) is 0. The summed E-state index contributed by atoms with van der Waals surface area (Å²) in [4.78, 5) is 9.55. The molecule has 0 unspecified atom stereocenters. The van der Waals surface area contributed by atoms with Crippen LogP contribution in [0.1, 0.15) is 0 Å². The zero-order valence-electron chi connectivity index (χ0n) is 8.85. The first-order valence-electron chi connectivity index (χ1n) is 4.24. The molecule has 9 heteroatoms. The van der Waals surface area contributed by atoms with Gasteiger partial charge in [0.1, 0.15) is 14.9 Å². The molecule has 0 aromatic heterocycles. The van der Waals surface area contributed by atoms with Crippen molar-refractivity contribution in [3.05, 3.63) is 32.3 Å². The number of hydrogen-bond acceptors (Lipinski definition) is 4. The fraction of sp³-hybridized carbons (Fsp3) is 0.250. The molecule has 1 aromatic rings. The molecule has 0 bridgehead atoms. The summed E-state index contributed by atoms with van der Waals surface area (Å²) in [5.74, 6) is 0. The Morgan fingerprint density at radius 3 is 2.24 bits per heavy atom. The predicted molar refractivity (Wildman–Crippen MR) is 64.0 cm³/mol. The van der Waals surface area contributed by atoms with Gasteiger partial charge in [-0.15, -0.1) is 0 Å². The Labute approximate surface area is 108 Å². The van der Waals surface area contributed by atoms with Gasteiger partial charge in [0.15, 0.2) is 0 Å². The second-order valence-corrected chi connectivity index (χ2v) is 6.16. The molecule has 17 heavy (non-hydrogen) atoms. The Bertz CT molecular complexity index is 571. The van der Waals surface area contributed by atoms with Crippen LogP contribution in [0, 0.1) is 10.1 Å². The van der Waals surface area contributed by atoms with E-state index in [1.807, 2.05) is 0 Å². The summed E-state index contributed by atoms with van der Waals surface area (Å²) in [5.41, 5.74) is -0.615. The Morgan fingerprint density at radius 1 is 1.29 bits per heavy atom. The maximum Gasteiger partial charge on any atom is 0.307 e. The topological polar surface area (TPSA) is 80.5 Å². The van der Waals surface area contributed by atoms with E-state index < -0.39 is 25.7 Å². The average Bonchev–Trinajstić information content (AvgIpc) is 2.16. The molecule has 0 saturated carbocycles. The standard InChI is InChI=1S/C8H8Cl2N2O4S/c1-11(2)17(15,16)6-4-3-5(9)8(7(6)10)12(13)14/h3-4H,1-2H3. The predicted octanol–water partition coefficient (Wildman–Crippen LogP) is 2.15. The minimum Gasteiger partial charge on any atom is -0.258 e. The molecule has 6 nitrogen and oxygen atoms in total. The van der Waals surface area contributed by atoms with Gasteiger partial charge in [0.05, 0.1) is 4.92 Å². The number of rotatable bonds is 3. The molecule has 0 N–H and O–H groups in total. The van der Waals surface area contributed by atoms with Crippen LogP contribution in [0.5, 0.6) is 0 Å². The normalized spacial score (nSPS) is 11.8. The molecule has 94 valence electrons. The van der Waals surface area contributed by atoms with Crippen molar-refractivity contribution in [1.29, 1.82) is 0 Å². The van der Waals surface area contributed by atoms with Crippen LogP contribution in [-0.2, 0) is 10.0 Å². The molecule has 0 saturated heterocycles. The van der Waals surface area contributed by atoms with Crippen LogP contribution in [-0.4, -0.2) is 31.7 Å². The van der Waals surface area contributed by atoms with Crippen molar-refractivity contribution in [3.8, 4) is 0 Å². The fourth-order valence-electron chi connectivity index (χ4n) is 1.09. The van der Waals surface area contributed by atoms with Crippen LogP contribution in [0.2, 0.25) is 10.0 Å². The van der Waals surface area contributed by atoms with Crippen LogP contribution in [0.25, 0.3) is 0 Å². The zero-order valence-corrected chi connectivity index (χ0v) is 11.2. The third-order valence-electron chi connectivity index (χ3n) is 1.97. The van der Waals surface area contributed by atoms with Crippen molar-refractivity contribution < 1.29 is 13.3 Å². The van der Waals surface area contributed by atoms with Crippen molar-refractivity contribution in [3.63, 3.8) is 0 Å². The molecule has 1 aromatic carbocycles. The number of benzene rings is 1. The second-order valence-electron chi connectivity index (χ2n) is 3.25. The van der Waals surface area contributed by atoms with Crippen molar-refractivity contribution in [2.45, 2.75) is 4.90 Å². The van der Waals surface area contributed by atoms with E-state index in [0.29, 0.717) is 0 Å². The molecule has 0 spiro atoms. The van der Waals surface area contributed by atoms with Gasteiger partial charge in [-0.3, -0.25) is 10.1 Å². The summed E-state index contributed by atoms with van der Waals surface area (Å²) in [6.07, 6.45) is 0. The first-order valence-corrected chi connectivity index (χ1v) is 6.44. The van der Waals surface area contributed by atoms with Gasteiger partial charge in [-0.1, -0.05) is 23.2 Å². The van der Waals surface area contributed by atoms with Gasteiger partial charge in [0, 0.05) is 14.1 Å². The van der Waals surface area contributed by atoms with Crippen LogP contribution in [0.3, 0.4) is 0 Å². The smallest absolute Gasteiger partial charge is 0.258 e. The maximum atomic E-state index is 11.8. The Hall–Kier alpha value is -0.890. The van der Waals surface area contributed by atoms with Crippen LogP contribution in [0.4, 0.5) is 5.69 Å². The maximum absolute atomic E-state index is 11.8. The van der Waals surface area contributed by atoms with Gasteiger partial charge in [-0.05, 0) is 12.1 Å². The number of nitro groups is 1. The Kier molecular flexibility index (Phi) is 3.98. The van der Waals surface area contributed by atoms with Gasteiger partial charge in [0.2, 0.25) is 10.0 Å². The molecule has 0 amide bonds. The average molecular weight is 299 g/mol. The minimum absolute atomic E-state index is 0.210. The van der Waals surface area contributed by atoms with Crippen LogP contribution >= 0.6 is 23.2 Å². The van der Waals surface area contributed by atoms with Gasteiger partial charge < -0.3 is 0 Å². The van der Waals surface area contributed by atoms with Crippen molar-refractivity contribution >= 4 is 38.9 Å². The van der Waals surface area contributed by atoms with E-state index in [9.17, 15) is 18.5 Å². The number of hydrogen-bond donors (Lipinski definition) is 0. The minimum atomic E-state index is -3.84. The zero-order chi connectivity index (χ0) is 13.4. The molecule has 0 aliphatic heterocycles. The quantitative estimate of drug-likeness (QED) is 0.632. The largest absolute Gasteiger partial charge is 0.307 e. The molecular weight excluding hydrogens is 291 g/mol. The van der Waals surface area contributed by atoms with Crippen molar-refractivity contribution in [2.24, 2.45) is 0 Å². The molecule has 1 rings (SSSR count). The van der Waals surface area contributed by atoms with E-state index in [1.165, 1.54) is 14.1 Å². The lowest BCUT2D eigenvalue weighted by Gasteiger charge is -2.12. The highest BCUT2D eigenvalue weighted by atomic mass is 35.5. The van der Waals surface area contributed by atoms with E-state index in [2.05, 4.69) is 0 Å².